The summed E-state index contributed by atoms with van der Waals surface area (Å²) in [4.78, 5) is 12.2. The van der Waals surface area contributed by atoms with Gasteiger partial charge in [-0.15, -0.1) is 22.6 Å². The lowest BCUT2D eigenvalue weighted by atomic mass is 9.95. The van der Waals surface area contributed by atoms with Crippen LogP contribution in [0.2, 0.25) is 0 Å². The molecular formula is C13H17ClN4O2S. The Labute approximate surface area is 132 Å². The zero-order valence-electron chi connectivity index (χ0n) is 11.3. The first-order valence-corrected chi connectivity index (χ1v) is 7.48. The van der Waals surface area contributed by atoms with E-state index in [1.807, 2.05) is 6.07 Å². The Bertz CT molecular complexity index is 587. The normalized spacial score (nSPS) is 21.0. The lowest BCUT2D eigenvalue weighted by molar-refractivity contribution is -0.120. The molecular weight excluding hydrogens is 312 g/mol. The number of amides is 1. The number of anilines is 1. The van der Waals surface area contributed by atoms with Gasteiger partial charge in [0.25, 0.3) is 0 Å². The van der Waals surface area contributed by atoms with Crippen molar-refractivity contribution in [2.75, 3.05) is 11.9 Å². The summed E-state index contributed by atoms with van der Waals surface area (Å²) in [6, 6.07) is 3.60. The van der Waals surface area contributed by atoms with E-state index in [1.54, 1.807) is 12.3 Å². The Kier molecular flexibility index (Phi) is 5.33. The van der Waals surface area contributed by atoms with Crippen molar-refractivity contribution in [3.8, 4) is 10.8 Å². The minimum absolute atomic E-state index is 0. The monoisotopic (exact) mass is 328 g/mol. The van der Waals surface area contributed by atoms with Crippen molar-refractivity contribution in [2.24, 2.45) is 17.6 Å². The standard InChI is InChI=1S/C13H16N4O2S.ClH/c14-7-8-3-1-4-9(8)11(18)15-13-17-16-12(20-13)10-5-2-6-19-10;/h2,5-6,8-9H,1,3-4,7,14H2,(H,15,17,18);1H/t8-,9-;/m1./s1. The van der Waals surface area contributed by atoms with Crippen LogP contribution in [0.5, 0.6) is 0 Å². The Hall–Kier alpha value is -1.44. The molecule has 3 N–H and O–H groups in total. The molecule has 0 unspecified atom stereocenters. The van der Waals surface area contributed by atoms with Crippen LogP contribution in [0.4, 0.5) is 5.13 Å². The molecule has 2 aromatic rings. The summed E-state index contributed by atoms with van der Waals surface area (Å²) in [6.07, 6.45) is 4.58. The number of aromatic nitrogens is 2. The predicted octanol–water partition coefficient (Wildman–Crippen LogP) is 2.53. The van der Waals surface area contributed by atoms with Gasteiger partial charge in [-0.05, 0) is 37.4 Å². The number of carbonyl (C=O) groups excluding carboxylic acids is 1. The average molecular weight is 329 g/mol. The maximum atomic E-state index is 12.2. The highest BCUT2D eigenvalue weighted by molar-refractivity contribution is 7.18. The fourth-order valence-electron chi connectivity index (χ4n) is 2.64. The molecule has 2 atom stereocenters. The van der Waals surface area contributed by atoms with Gasteiger partial charge in [-0.2, -0.15) is 0 Å². The van der Waals surface area contributed by atoms with E-state index >= 15 is 0 Å². The van der Waals surface area contributed by atoms with E-state index in [2.05, 4.69) is 15.5 Å². The van der Waals surface area contributed by atoms with Crippen LogP contribution >= 0.6 is 23.7 Å². The number of hydrogen-bond acceptors (Lipinski definition) is 6. The first-order valence-electron chi connectivity index (χ1n) is 6.66. The quantitative estimate of drug-likeness (QED) is 0.899. The Morgan fingerprint density at radius 1 is 1.48 bits per heavy atom. The van der Waals surface area contributed by atoms with Gasteiger partial charge in [0.1, 0.15) is 0 Å². The number of rotatable bonds is 4. The van der Waals surface area contributed by atoms with Crippen LogP contribution in [0.1, 0.15) is 19.3 Å². The lowest BCUT2D eigenvalue weighted by Crippen LogP contribution is -2.29. The average Bonchev–Trinajstić information content (AvgIpc) is 3.19. The highest BCUT2D eigenvalue weighted by Gasteiger charge is 2.32. The van der Waals surface area contributed by atoms with Gasteiger partial charge in [0.05, 0.1) is 6.26 Å². The molecule has 0 bridgehead atoms. The number of carbonyl (C=O) groups is 1. The van der Waals surface area contributed by atoms with E-state index in [1.165, 1.54) is 11.3 Å². The molecule has 2 heterocycles. The van der Waals surface area contributed by atoms with Crippen LogP contribution in [-0.4, -0.2) is 22.6 Å². The number of nitrogens with zero attached hydrogens (tertiary/aromatic N) is 2. The van der Waals surface area contributed by atoms with Gasteiger partial charge < -0.3 is 15.5 Å². The molecule has 21 heavy (non-hydrogen) atoms. The smallest absolute Gasteiger partial charge is 0.229 e. The third-order valence-electron chi connectivity index (χ3n) is 3.69. The van der Waals surface area contributed by atoms with Crippen LogP contribution in [0.3, 0.4) is 0 Å². The van der Waals surface area contributed by atoms with E-state index in [9.17, 15) is 4.79 Å². The van der Waals surface area contributed by atoms with Gasteiger partial charge >= 0.3 is 0 Å². The molecule has 114 valence electrons. The minimum atomic E-state index is -0.00374. The maximum absolute atomic E-state index is 12.2. The molecule has 0 radical (unpaired) electrons. The van der Waals surface area contributed by atoms with Crippen molar-refractivity contribution in [1.82, 2.24) is 10.2 Å². The van der Waals surface area contributed by atoms with Gasteiger partial charge in [-0.1, -0.05) is 17.8 Å². The lowest BCUT2D eigenvalue weighted by Gasteiger charge is -2.15. The second-order valence-corrected chi connectivity index (χ2v) is 5.89. The van der Waals surface area contributed by atoms with Crippen molar-refractivity contribution >= 4 is 34.8 Å². The summed E-state index contributed by atoms with van der Waals surface area (Å²) >= 11 is 1.31. The first kappa shape index (κ1) is 15.9. The van der Waals surface area contributed by atoms with Crippen molar-refractivity contribution in [3.63, 3.8) is 0 Å². The highest BCUT2D eigenvalue weighted by atomic mass is 35.5. The molecule has 1 aliphatic carbocycles. The fraction of sp³-hybridized carbons (Fsp3) is 0.462. The summed E-state index contributed by atoms with van der Waals surface area (Å²) < 4.78 is 5.25. The van der Waals surface area contributed by atoms with Gasteiger partial charge in [0.2, 0.25) is 11.0 Å². The molecule has 1 amide bonds. The van der Waals surface area contributed by atoms with E-state index in [-0.39, 0.29) is 30.2 Å². The third-order valence-corrected chi connectivity index (χ3v) is 4.54. The summed E-state index contributed by atoms with van der Waals surface area (Å²) in [5.41, 5.74) is 5.71. The largest absolute Gasteiger partial charge is 0.462 e. The molecule has 8 heteroatoms. The number of furan rings is 1. The van der Waals surface area contributed by atoms with Crippen LogP contribution in [-0.2, 0) is 4.79 Å². The van der Waals surface area contributed by atoms with Gasteiger partial charge in [-0.25, -0.2) is 0 Å². The van der Waals surface area contributed by atoms with Crippen LogP contribution in [0.25, 0.3) is 10.8 Å². The minimum Gasteiger partial charge on any atom is -0.462 e. The second-order valence-electron chi connectivity index (χ2n) is 4.91. The van der Waals surface area contributed by atoms with Crippen molar-refractivity contribution in [1.29, 1.82) is 0 Å². The summed E-state index contributed by atoms with van der Waals surface area (Å²) in [7, 11) is 0. The molecule has 6 nitrogen and oxygen atoms in total. The fourth-order valence-corrected chi connectivity index (χ4v) is 3.35. The highest BCUT2D eigenvalue weighted by Crippen LogP contribution is 2.33. The molecule has 2 aromatic heterocycles. The Morgan fingerprint density at radius 2 is 2.33 bits per heavy atom. The first-order chi connectivity index (χ1) is 9.78. The number of nitrogens with one attached hydrogen (secondary N) is 1. The van der Waals surface area contributed by atoms with Crippen molar-refractivity contribution < 1.29 is 9.21 Å². The van der Waals surface area contributed by atoms with Gasteiger partial charge in [0, 0.05) is 5.92 Å². The zero-order chi connectivity index (χ0) is 13.9. The Balaban J connectivity index is 0.00000161. The van der Waals surface area contributed by atoms with Crippen LogP contribution in [0.15, 0.2) is 22.8 Å². The predicted molar refractivity (Wildman–Crippen MR) is 83.4 cm³/mol. The third kappa shape index (κ3) is 3.42. The topological polar surface area (TPSA) is 94.0 Å². The van der Waals surface area contributed by atoms with Crippen LogP contribution in [0, 0.1) is 11.8 Å². The molecule has 3 rings (SSSR count). The maximum Gasteiger partial charge on any atom is 0.229 e. The summed E-state index contributed by atoms with van der Waals surface area (Å²) in [5, 5.41) is 12.0. The summed E-state index contributed by atoms with van der Waals surface area (Å²) in [6.45, 7) is 0.561. The molecule has 0 aliphatic heterocycles. The molecule has 1 fully saturated rings. The second kappa shape index (κ2) is 7.02. The van der Waals surface area contributed by atoms with Crippen molar-refractivity contribution in [2.45, 2.75) is 19.3 Å². The number of nitrogens with two attached hydrogens (primary N) is 1. The molecule has 0 spiro atoms. The molecule has 1 aliphatic rings. The number of hydrogen-bond donors (Lipinski definition) is 2. The summed E-state index contributed by atoms with van der Waals surface area (Å²) in [5.74, 6) is 0.937. The van der Waals surface area contributed by atoms with Gasteiger partial charge in [-0.3, -0.25) is 4.79 Å². The molecule has 0 saturated heterocycles. The Morgan fingerprint density at radius 3 is 3.05 bits per heavy atom. The number of halogens is 1. The van der Waals surface area contributed by atoms with E-state index in [0.717, 1.165) is 19.3 Å². The van der Waals surface area contributed by atoms with E-state index < -0.39 is 0 Å². The van der Waals surface area contributed by atoms with Gasteiger partial charge in [0.15, 0.2) is 10.8 Å². The van der Waals surface area contributed by atoms with Crippen LogP contribution < -0.4 is 11.1 Å². The van der Waals surface area contributed by atoms with Crippen molar-refractivity contribution in [3.05, 3.63) is 18.4 Å². The molecule has 0 aromatic carbocycles. The SMILES string of the molecule is Cl.NC[C@H]1CCC[C@H]1C(=O)Nc1nnc(-c2ccco2)s1. The van der Waals surface area contributed by atoms with E-state index in [4.69, 9.17) is 10.2 Å². The van der Waals surface area contributed by atoms with E-state index in [0.29, 0.717) is 22.4 Å². The zero-order valence-corrected chi connectivity index (χ0v) is 13.0. The molecule has 1 saturated carbocycles.